The number of hydrogen-bond donors (Lipinski definition) is 2. The Bertz CT molecular complexity index is 99.8. The van der Waals surface area contributed by atoms with Gasteiger partial charge in [-0.1, -0.05) is 0 Å². The molecule has 0 bridgehead atoms. The van der Waals surface area contributed by atoms with Crippen LogP contribution >= 0.6 is 0 Å². The molecular weight excluding hydrogens is 168 g/mol. The summed E-state index contributed by atoms with van der Waals surface area (Å²) >= 11 is 0. The van der Waals surface area contributed by atoms with Crippen LogP contribution in [0.25, 0.3) is 0 Å². The highest BCUT2D eigenvalue weighted by molar-refractivity contribution is 4.66. The molecule has 2 N–H and O–H groups in total. The van der Waals surface area contributed by atoms with Crippen LogP contribution in [-0.2, 0) is 0 Å². The van der Waals surface area contributed by atoms with E-state index in [1.54, 1.807) is 0 Å². The molecule has 0 fully saturated rings. The van der Waals surface area contributed by atoms with Crippen LogP contribution in [0.2, 0.25) is 0 Å². The predicted molar refractivity (Wildman–Crippen MR) is 53.2 cm³/mol. The van der Waals surface area contributed by atoms with Gasteiger partial charge in [-0.25, -0.2) is 0 Å². The van der Waals surface area contributed by atoms with Crippen molar-refractivity contribution < 1.29 is 10.2 Å². The van der Waals surface area contributed by atoms with Crippen molar-refractivity contribution in [3.63, 3.8) is 0 Å². The first-order valence-electron chi connectivity index (χ1n) is 4.64. The van der Waals surface area contributed by atoms with Gasteiger partial charge in [0.2, 0.25) is 0 Å². The second-order valence-electron chi connectivity index (χ2n) is 3.20. The topological polar surface area (TPSA) is 46.9 Å². The second-order valence-corrected chi connectivity index (χ2v) is 3.20. The van der Waals surface area contributed by atoms with Crippen molar-refractivity contribution in [1.29, 1.82) is 0 Å². The van der Waals surface area contributed by atoms with Gasteiger partial charge in [-0.2, -0.15) is 0 Å². The Morgan fingerprint density at radius 2 is 1.62 bits per heavy atom. The summed E-state index contributed by atoms with van der Waals surface area (Å²) < 4.78 is 0. The second kappa shape index (κ2) is 8.44. The zero-order valence-corrected chi connectivity index (χ0v) is 8.61. The molecule has 0 aromatic carbocycles. The monoisotopic (exact) mass is 189 g/mol. The Hall–Kier alpha value is -0.160. The predicted octanol–water partition coefficient (Wildman–Crippen LogP) is -0.614. The quantitative estimate of drug-likeness (QED) is 0.534. The van der Waals surface area contributed by atoms with Gasteiger partial charge in [0.05, 0.1) is 13.2 Å². The fourth-order valence-electron chi connectivity index (χ4n) is 1.03. The molecule has 4 heteroatoms. The van der Waals surface area contributed by atoms with E-state index in [0.29, 0.717) is 6.54 Å². The maximum atomic E-state index is 8.63. The Morgan fingerprint density at radius 1 is 1.00 bits per heavy atom. The minimum absolute atomic E-state index is 0.194. The third-order valence-electron chi connectivity index (χ3n) is 1.89. The third-order valence-corrected chi connectivity index (χ3v) is 1.89. The number of aliphatic hydroxyl groups is 2. The number of hydrogen-bond acceptors (Lipinski definition) is 4. The summed E-state index contributed by atoms with van der Waals surface area (Å²) in [4.78, 5) is 4.05. The van der Waals surface area contributed by atoms with Gasteiger partial charge in [-0.3, -0.25) is 4.90 Å². The Morgan fingerprint density at radius 3 is 2.15 bits per heavy atom. The zero-order valence-electron chi connectivity index (χ0n) is 8.61. The number of nitrogens with zero attached hydrogens (tertiary/aromatic N) is 2. The van der Waals surface area contributed by atoms with E-state index >= 15 is 0 Å². The molecule has 0 atom stereocenters. The van der Waals surface area contributed by atoms with Crippen LogP contribution in [0.3, 0.4) is 0 Å². The molecule has 4 nitrogen and oxygen atoms in total. The molecule has 0 aliphatic rings. The van der Waals surface area contributed by atoms with E-state index in [4.69, 9.17) is 10.2 Å². The minimum Gasteiger partial charge on any atom is -0.395 e. The lowest BCUT2D eigenvalue weighted by atomic mass is 10.3. The van der Waals surface area contributed by atoms with Crippen LogP contribution in [0, 0.1) is 6.54 Å². The largest absolute Gasteiger partial charge is 0.395 e. The molecule has 0 saturated carbocycles. The molecule has 1 radical (unpaired) electrons. The molecule has 0 spiro atoms. The van der Waals surface area contributed by atoms with Crippen molar-refractivity contribution in [1.82, 2.24) is 9.80 Å². The lowest BCUT2D eigenvalue weighted by Gasteiger charge is -2.18. The molecule has 0 aromatic rings. The molecule has 0 amide bonds. The summed E-state index contributed by atoms with van der Waals surface area (Å²) in [6.45, 7) is 4.81. The van der Waals surface area contributed by atoms with E-state index in [2.05, 4.69) is 11.4 Å². The standard InChI is InChI=1S/C9H21N2O2/c1-10(6-8-12)4-3-5-11(2)7-9-13/h4,12-13H,3,5-9H2,1-2H3. The zero-order chi connectivity index (χ0) is 10.1. The lowest BCUT2D eigenvalue weighted by Crippen LogP contribution is -2.26. The fraction of sp³-hybridized carbons (Fsp3) is 0.889. The van der Waals surface area contributed by atoms with Gasteiger partial charge in [0, 0.05) is 19.6 Å². The SMILES string of the molecule is CN([CH]CCN(C)CCO)CCO. The van der Waals surface area contributed by atoms with Gasteiger partial charge in [0.1, 0.15) is 0 Å². The summed E-state index contributed by atoms with van der Waals surface area (Å²) in [6.07, 6.45) is 0.951. The summed E-state index contributed by atoms with van der Waals surface area (Å²) in [7, 11) is 3.93. The lowest BCUT2D eigenvalue weighted by molar-refractivity contribution is 0.212. The molecule has 0 aromatic heterocycles. The van der Waals surface area contributed by atoms with Crippen LogP contribution in [0.4, 0.5) is 0 Å². The molecule has 0 unspecified atom stereocenters. The maximum absolute atomic E-state index is 8.63. The first-order chi connectivity index (χ1) is 6.20. The van der Waals surface area contributed by atoms with Crippen molar-refractivity contribution in [2.45, 2.75) is 6.42 Å². The first kappa shape index (κ1) is 12.8. The molecule has 0 aliphatic carbocycles. The Kier molecular flexibility index (Phi) is 8.33. The van der Waals surface area contributed by atoms with Gasteiger partial charge in [-0.15, -0.1) is 0 Å². The molecule has 79 valence electrons. The van der Waals surface area contributed by atoms with Gasteiger partial charge in [0.25, 0.3) is 0 Å². The highest BCUT2D eigenvalue weighted by atomic mass is 16.3. The summed E-state index contributed by atoms with van der Waals surface area (Å²) in [5, 5.41) is 17.3. The van der Waals surface area contributed by atoms with E-state index in [9.17, 15) is 0 Å². The van der Waals surface area contributed by atoms with Crippen molar-refractivity contribution in [3.8, 4) is 0 Å². The third kappa shape index (κ3) is 8.18. The van der Waals surface area contributed by atoms with E-state index in [-0.39, 0.29) is 13.2 Å². The Balaban J connectivity index is 3.23. The highest BCUT2D eigenvalue weighted by Crippen LogP contribution is 1.95. The van der Waals surface area contributed by atoms with Crippen LogP contribution < -0.4 is 0 Å². The average molecular weight is 189 g/mol. The molecule has 13 heavy (non-hydrogen) atoms. The summed E-state index contributed by atoms with van der Waals surface area (Å²) in [5.74, 6) is 0. The number of likely N-dealkylation sites (N-methyl/N-ethyl adjacent to an activating group) is 2. The smallest absolute Gasteiger partial charge is 0.0558 e. The van der Waals surface area contributed by atoms with Crippen molar-refractivity contribution in [3.05, 3.63) is 6.54 Å². The van der Waals surface area contributed by atoms with Crippen molar-refractivity contribution in [2.24, 2.45) is 0 Å². The average Bonchev–Trinajstić information content (AvgIpc) is 2.05. The van der Waals surface area contributed by atoms with E-state index < -0.39 is 0 Å². The van der Waals surface area contributed by atoms with E-state index in [1.807, 2.05) is 19.0 Å². The van der Waals surface area contributed by atoms with Crippen LogP contribution in [-0.4, -0.2) is 67.0 Å². The van der Waals surface area contributed by atoms with Gasteiger partial charge in [0.15, 0.2) is 0 Å². The number of aliphatic hydroxyl groups excluding tert-OH is 2. The van der Waals surface area contributed by atoms with Gasteiger partial charge >= 0.3 is 0 Å². The Labute approximate surface area is 80.8 Å². The molecule has 0 heterocycles. The molecular formula is C9H21N2O2. The first-order valence-corrected chi connectivity index (χ1v) is 4.64. The normalized spacial score (nSPS) is 11.5. The van der Waals surface area contributed by atoms with Gasteiger partial charge in [-0.05, 0) is 27.1 Å². The molecule has 0 aliphatic heterocycles. The van der Waals surface area contributed by atoms with E-state index in [0.717, 1.165) is 19.5 Å². The van der Waals surface area contributed by atoms with Crippen LogP contribution in [0.1, 0.15) is 6.42 Å². The maximum Gasteiger partial charge on any atom is 0.0558 e. The fourth-order valence-corrected chi connectivity index (χ4v) is 1.03. The summed E-state index contributed by atoms with van der Waals surface area (Å²) in [5.41, 5.74) is 0. The van der Waals surface area contributed by atoms with Crippen LogP contribution in [0.5, 0.6) is 0 Å². The summed E-state index contributed by atoms with van der Waals surface area (Å²) in [6, 6.07) is 0. The van der Waals surface area contributed by atoms with Crippen molar-refractivity contribution >= 4 is 0 Å². The minimum atomic E-state index is 0.194. The van der Waals surface area contributed by atoms with E-state index in [1.165, 1.54) is 0 Å². The number of rotatable bonds is 8. The van der Waals surface area contributed by atoms with Crippen LogP contribution in [0.15, 0.2) is 0 Å². The van der Waals surface area contributed by atoms with Crippen molar-refractivity contribution in [2.75, 3.05) is 46.9 Å². The molecule has 0 saturated heterocycles. The van der Waals surface area contributed by atoms with Gasteiger partial charge < -0.3 is 15.1 Å². The highest BCUT2D eigenvalue weighted by Gasteiger charge is 1.99. The molecule has 0 rings (SSSR count).